The molecule has 1 aromatic carbocycles. The Kier molecular flexibility index (Phi) is 4.42. The van der Waals surface area contributed by atoms with Crippen LogP contribution in [0.25, 0.3) is 0 Å². The van der Waals surface area contributed by atoms with E-state index in [-0.39, 0.29) is 5.56 Å². The monoisotopic (exact) mass is 436 g/mol. The van der Waals surface area contributed by atoms with Crippen LogP contribution in [0.15, 0.2) is 24.3 Å². The van der Waals surface area contributed by atoms with Gasteiger partial charge in [-0.25, -0.2) is 8.42 Å². The number of sulfone groups is 1. The van der Waals surface area contributed by atoms with E-state index in [0.717, 1.165) is 6.26 Å². The van der Waals surface area contributed by atoms with Gasteiger partial charge in [0.05, 0.1) is 0 Å². The highest BCUT2D eigenvalue weighted by Gasteiger charge is 2.43. The van der Waals surface area contributed by atoms with E-state index in [4.69, 9.17) is 11.6 Å². The summed E-state index contributed by atoms with van der Waals surface area (Å²) in [4.78, 5) is 12.0. The number of carbonyl (C=O) groups is 1. The molecule has 0 N–H and O–H groups in total. The van der Waals surface area contributed by atoms with Crippen molar-refractivity contribution in [3.05, 3.63) is 34.9 Å². The number of ketones is 1. The fraction of sp³-hybridized carbons (Fsp3) is 0.222. The molecule has 0 aromatic heterocycles. The molecule has 0 spiro atoms. The summed E-state index contributed by atoms with van der Waals surface area (Å²) in [5.74, 6) is -0.543. The molecule has 3 nitrogen and oxygen atoms in total. The van der Waals surface area contributed by atoms with Gasteiger partial charge in [-0.15, -0.1) is 0 Å². The minimum Gasteiger partial charge on any atom is -0.290 e. The van der Waals surface area contributed by atoms with Crippen LogP contribution in [0, 0.1) is 0 Å². The number of hydrogen-bond donors (Lipinski definition) is 0. The van der Waals surface area contributed by atoms with Crippen molar-refractivity contribution in [3.63, 3.8) is 0 Å². The van der Waals surface area contributed by atoms with Crippen molar-refractivity contribution in [2.75, 3.05) is 6.26 Å². The minimum absolute atomic E-state index is 0.254. The lowest BCUT2D eigenvalue weighted by Gasteiger charge is -2.16. The molecule has 0 fully saturated rings. The van der Waals surface area contributed by atoms with Gasteiger partial charge in [0.2, 0.25) is 7.45 Å². The van der Waals surface area contributed by atoms with Crippen molar-refractivity contribution in [1.82, 2.24) is 0 Å². The van der Waals surface area contributed by atoms with Gasteiger partial charge in [0.1, 0.15) is 0 Å². The number of rotatable bonds is 3. The van der Waals surface area contributed by atoms with Gasteiger partial charge in [-0.05, 0) is 50.7 Å². The second kappa shape index (κ2) is 4.91. The zero-order valence-electron chi connectivity index (χ0n) is 8.08. The van der Waals surface area contributed by atoms with Gasteiger partial charge >= 0.3 is 0 Å². The van der Waals surface area contributed by atoms with E-state index in [9.17, 15) is 13.2 Å². The van der Waals surface area contributed by atoms with Gasteiger partial charge in [0.15, 0.2) is 9.84 Å². The molecule has 0 aliphatic carbocycles. The summed E-state index contributed by atoms with van der Waals surface area (Å²) in [6, 6.07) is 6.16. The molecule has 0 aliphatic rings. The Morgan fingerprint density at radius 1 is 1.50 bits per heavy atom. The Bertz CT molecular complexity index is 527. The van der Waals surface area contributed by atoms with Crippen molar-refractivity contribution in [2.24, 2.45) is 0 Å². The van der Waals surface area contributed by atoms with Crippen LogP contribution in [-0.4, -0.2) is 22.1 Å². The summed E-state index contributed by atoms with van der Waals surface area (Å²) in [7, 11) is -3.55. The molecule has 0 aliphatic heterocycles. The van der Waals surface area contributed by atoms with E-state index in [0.29, 0.717) is 5.02 Å². The Morgan fingerprint density at radius 2 is 2.06 bits per heavy atom. The second-order valence-electron chi connectivity index (χ2n) is 3.13. The number of Topliss-reactive ketones (excluding diaryl/α,β-unsaturated/α-hetero) is 1. The van der Waals surface area contributed by atoms with Gasteiger partial charge in [-0.3, -0.25) is 4.79 Å². The topological polar surface area (TPSA) is 51.2 Å². The Morgan fingerprint density at radius 3 is 2.50 bits per heavy atom. The van der Waals surface area contributed by atoms with Gasteiger partial charge in [-0.1, -0.05) is 23.7 Å². The zero-order valence-corrected chi connectivity index (χ0v) is 13.4. The normalized spacial score (nSPS) is 15.5. The van der Waals surface area contributed by atoms with E-state index >= 15 is 0 Å². The molecular weight excluding hydrogens is 430 g/mol. The van der Waals surface area contributed by atoms with Crippen molar-refractivity contribution in [3.8, 4) is 0 Å². The quantitative estimate of drug-likeness (QED) is 0.415. The van der Waals surface area contributed by atoms with Crippen LogP contribution in [0.3, 0.4) is 0 Å². The van der Waals surface area contributed by atoms with Gasteiger partial charge < -0.3 is 0 Å². The average Bonchev–Trinajstić information content (AvgIpc) is 2.14. The highest BCUT2D eigenvalue weighted by Crippen LogP contribution is 2.36. The van der Waals surface area contributed by atoms with Crippen molar-refractivity contribution in [2.45, 2.75) is 1.66 Å². The van der Waals surface area contributed by atoms with Gasteiger partial charge in [-0.2, -0.15) is 0 Å². The first-order valence-electron chi connectivity index (χ1n) is 4.04. The molecule has 1 aromatic rings. The smallest absolute Gasteiger partial charge is 0.238 e. The molecule has 0 saturated heterocycles. The van der Waals surface area contributed by atoms with Crippen LogP contribution in [-0.2, 0) is 9.84 Å². The Labute approximate surface area is 121 Å². The third-order valence-corrected chi connectivity index (χ3v) is 8.18. The third kappa shape index (κ3) is 2.96. The second-order valence-corrected chi connectivity index (χ2v) is 11.3. The number of alkyl halides is 2. The van der Waals surface area contributed by atoms with E-state index in [1.165, 1.54) is 12.1 Å². The highest BCUT2D eigenvalue weighted by atomic mass is 127. The lowest BCUT2D eigenvalue weighted by Crippen LogP contribution is -2.33. The lowest BCUT2D eigenvalue weighted by molar-refractivity contribution is 0.101. The van der Waals surface area contributed by atoms with E-state index < -0.39 is 17.3 Å². The molecule has 1 atom stereocenters. The first-order valence-corrected chi connectivity index (χ1v) is 8.18. The van der Waals surface area contributed by atoms with Crippen molar-refractivity contribution < 1.29 is 13.2 Å². The molecule has 0 amide bonds. The summed E-state index contributed by atoms with van der Waals surface area (Å²) in [6.07, 6.45) is 0.997. The van der Waals surface area contributed by atoms with E-state index in [1.807, 2.05) is 0 Å². The predicted octanol–water partition coefficient (Wildman–Crippen LogP) is 3.05. The maximum atomic E-state index is 12.0. The number of carbonyl (C=O) groups excluding carboxylic acids is 1. The first-order chi connectivity index (χ1) is 7.16. The summed E-state index contributed by atoms with van der Waals surface area (Å²) in [5, 5.41) is 0.388. The Hall–Kier alpha value is 0.340. The van der Waals surface area contributed by atoms with Crippen LogP contribution < -0.4 is 0 Å². The van der Waals surface area contributed by atoms with Gasteiger partial charge in [0, 0.05) is 16.8 Å². The molecule has 0 radical (unpaired) electrons. The van der Waals surface area contributed by atoms with Crippen molar-refractivity contribution in [1.29, 1.82) is 0 Å². The molecule has 0 saturated carbocycles. The maximum Gasteiger partial charge on any atom is 0.238 e. The molecule has 16 heavy (non-hydrogen) atoms. The number of benzene rings is 1. The number of halogens is 3. The molecule has 1 rings (SSSR count). The van der Waals surface area contributed by atoms with E-state index in [1.54, 1.807) is 34.7 Å². The summed E-state index contributed by atoms with van der Waals surface area (Å²) in [6.45, 7) is 0. The Balaban J connectivity index is 3.23. The standard InChI is InChI=1S/C9H7BrClIO3S/c1-16(14,15)9(10,12)8(13)6-3-2-4-7(11)5-6/h2-5H,1H3/t9-/m1/s1. The highest BCUT2D eigenvalue weighted by molar-refractivity contribution is 14.1. The van der Waals surface area contributed by atoms with Crippen molar-refractivity contribution >= 4 is 65.7 Å². The van der Waals surface area contributed by atoms with Crippen LogP contribution in [0.5, 0.6) is 0 Å². The predicted molar refractivity (Wildman–Crippen MR) is 76.3 cm³/mol. The van der Waals surface area contributed by atoms with Crippen LogP contribution in [0.2, 0.25) is 5.02 Å². The number of hydrogen-bond acceptors (Lipinski definition) is 3. The summed E-state index contributed by atoms with van der Waals surface area (Å²) < 4.78 is 21.2. The van der Waals surface area contributed by atoms with E-state index in [2.05, 4.69) is 15.9 Å². The summed E-state index contributed by atoms with van der Waals surface area (Å²) in [5.41, 5.74) is 0.254. The third-order valence-electron chi connectivity index (χ3n) is 1.82. The molecule has 88 valence electrons. The van der Waals surface area contributed by atoms with Crippen LogP contribution >= 0.6 is 50.1 Å². The van der Waals surface area contributed by atoms with Gasteiger partial charge in [0.25, 0.3) is 0 Å². The molecule has 0 unspecified atom stereocenters. The first kappa shape index (κ1) is 14.4. The largest absolute Gasteiger partial charge is 0.290 e. The maximum absolute atomic E-state index is 12.0. The van der Waals surface area contributed by atoms with Crippen LogP contribution in [0.4, 0.5) is 0 Å². The average molecular weight is 437 g/mol. The fourth-order valence-electron chi connectivity index (χ4n) is 0.966. The molecule has 0 heterocycles. The SMILES string of the molecule is CS(=O)(=O)[C@](Br)(I)C(=O)c1cccc(Cl)c1. The fourth-order valence-corrected chi connectivity index (χ4v) is 2.15. The minimum atomic E-state index is -3.55. The summed E-state index contributed by atoms with van der Waals surface area (Å²) >= 11 is 10.2. The zero-order chi connectivity index (χ0) is 12.6. The lowest BCUT2D eigenvalue weighted by atomic mass is 10.1. The van der Waals surface area contributed by atoms with Crippen LogP contribution in [0.1, 0.15) is 10.4 Å². The molecule has 7 heteroatoms. The molecular formula is C9H7BrClIO3S. The molecule has 0 bridgehead atoms.